The van der Waals surface area contributed by atoms with E-state index in [4.69, 9.17) is 10.5 Å². The summed E-state index contributed by atoms with van der Waals surface area (Å²) in [4.78, 5) is 16.7. The van der Waals surface area contributed by atoms with E-state index in [2.05, 4.69) is 4.99 Å². The van der Waals surface area contributed by atoms with Gasteiger partial charge < -0.3 is 15.4 Å². The van der Waals surface area contributed by atoms with Crippen LogP contribution in [0.25, 0.3) is 0 Å². The summed E-state index contributed by atoms with van der Waals surface area (Å²) in [5, 5.41) is 0. The number of benzene rings is 1. The maximum atomic E-state index is 11.4. The summed E-state index contributed by atoms with van der Waals surface area (Å²) in [6.45, 7) is 1.95. The van der Waals surface area contributed by atoms with Crippen LogP contribution < -0.4 is 10.5 Å². The first-order valence-corrected chi connectivity index (χ1v) is 5.30. The Balaban J connectivity index is 2.39. The van der Waals surface area contributed by atoms with Gasteiger partial charge in [0.15, 0.2) is 0 Å². The van der Waals surface area contributed by atoms with Crippen LogP contribution in [0.5, 0.6) is 5.75 Å². The van der Waals surface area contributed by atoms with E-state index in [9.17, 15) is 4.79 Å². The molecule has 1 unspecified atom stereocenters. The zero-order chi connectivity index (χ0) is 12.6. The number of methoxy groups -OCH3 is 1. The monoisotopic (exact) mass is 233 g/mol. The second-order valence-corrected chi connectivity index (χ2v) is 4.06. The molecule has 0 radical (unpaired) electrons. The van der Waals surface area contributed by atoms with Crippen molar-refractivity contribution >= 4 is 11.9 Å². The fourth-order valence-electron chi connectivity index (χ4n) is 2.03. The van der Waals surface area contributed by atoms with Crippen molar-refractivity contribution in [3.8, 4) is 5.75 Å². The Morgan fingerprint density at radius 3 is 2.65 bits per heavy atom. The molecule has 1 heterocycles. The number of hydrogen-bond donors (Lipinski definition) is 1. The minimum absolute atomic E-state index is 0.271. The Bertz CT molecular complexity index is 497. The van der Waals surface area contributed by atoms with Gasteiger partial charge in [-0.05, 0) is 30.2 Å². The van der Waals surface area contributed by atoms with E-state index in [1.807, 2.05) is 25.1 Å². The predicted molar refractivity (Wildman–Crippen MR) is 65.3 cm³/mol. The molecule has 0 fully saturated rings. The average Bonchev–Trinajstić information content (AvgIpc) is 2.53. The Morgan fingerprint density at radius 2 is 2.18 bits per heavy atom. The van der Waals surface area contributed by atoms with E-state index in [-0.39, 0.29) is 12.1 Å². The Hall–Kier alpha value is -2.04. The zero-order valence-electron chi connectivity index (χ0n) is 10.1. The maximum Gasteiger partial charge on any atom is 0.345 e. The molecule has 0 aliphatic carbocycles. The largest absolute Gasteiger partial charge is 0.496 e. The van der Waals surface area contributed by atoms with Gasteiger partial charge in [0.25, 0.3) is 0 Å². The Kier molecular flexibility index (Phi) is 2.75. The van der Waals surface area contributed by atoms with Crippen molar-refractivity contribution in [2.24, 2.45) is 10.7 Å². The molecule has 1 aliphatic rings. The number of aryl methyl sites for hydroxylation is 1. The third-order valence-electron chi connectivity index (χ3n) is 2.93. The van der Waals surface area contributed by atoms with Gasteiger partial charge in [-0.15, -0.1) is 0 Å². The van der Waals surface area contributed by atoms with Crippen molar-refractivity contribution in [2.75, 3.05) is 14.2 Å². The summed E-state index contributed by atoms with van der Waals surface area (Å²) in [6.07, 6.45) is 0. The van der Waals surface area contributed by atoms with Gasteiger partial charge in [0, 0.05) is 7.05 Å². The highest BCUT2D eigenvalue weighted by Gasteiger charge is 2.31. The van der Waals surface area contributed by atoms with Gasteiger partial charge in [-0.2, -0.15) is 4.99 Å². The van der Waals surface area contributed by atoms with Crippen LogP contribution in [0.15, 0.2) is 23.2 Å². The van der Waals surface area contributed by atoms with Crippen molar-refractivity contribution in [2.45, 2.75) is 13.0 Å². The SMILES string of the molecule is COc1ccc(C2C(N)=NC(=O)N2C)cc1C. The van der Waals surface area contributed by atoms with Gasteiger partial charge in [-0.25, -0.2) is 4.79 Å². The van der Waals surface area contributed by atoms with Crippen LogP contribution in [0, 0.1) is 6.92 Å². The third-order valence-corrected chi connectivity index (χ3v) is 2.93. The molecule has 2 rings (SSSR count). The van der Waals surface area contributed by atoms with Gasteiger partial charge in [0.2, 0.25) is 0 Å². The minimum atomic E-state index is -0.305. The fourth-order valence-corrected chi connectivity index (χ4v) is 2.03. The topological polar surface area (TPSA) is 67.9 Å². The van der Waals surface area contributed by atoms with Crippen molar-refractivity contribution < 1.29 is 9.53 Å². The Labute approximate surface area is 99.9 Å². The number of amides is 2. The van der Waals surface area contributed by atoms with Gasteiger partial charge in [-0.3, -0.25) is 0 Å². The number of ether oxygens (including phenoxy) is 1. The number of carbonyl (C=O) groups is 1. The number of likely N-dealkylation sites (N-methyl/N-ethyl adjacent to an activating group) is 1. The molecular weight excluding hydrogens is 218 g/mol. The number of amidine groups is 1. The molecule has 2 N–H and O–H groups in total. The molecule has 5 nitrogen and oxygen atoms in total. The number of urea groups is 1. The average molecular weight is 233 g/mol. The molecule has 0 bridgehead atoms. The van der Waals surface area contributed by atoms with E-state index in [1.54, 1.807) is 14.2 Å². The summed E-state index contributed by atoms with van der Waals surface area (Å²) in [5.74, 6) is 1.15. The summed E-state index contributed by atoms with van der Waals surface area (Å²) in [5.41, 5.74) is 7.72. The molecule has 0 saturated carbocycles. The molecule has 1 aromatic carbocycles. The van der Waals surface area contributed by atoms with Crippen molar-refractivity contribution in [3.63, 3.8) is 0 Å². The maximum absolute atomic E-state index is 11.4. The molecule has 0 spiro atoms. The highest BCUT2D eigenvalue weighted by molar-refractivity contribution is 6.03. The summed E-state index contributed by atoms with van der Waals surface area (Å²) in [7, 11) is 3.32. The number of carbonyl (C=O) groups excluding carboxylic acids is 1. The van der Waals surface area contributed by atoms with Crippen molar-refractivity contribution in [3.05, 3.63) is 29.3 Å². The number of rotatable bonds is 2. The van der Waals surface area contributed by atoms with Crippen LogP contribution in [0.2, 0.25) is 0 Å². The number of aliphatic imine (C=N–C) groups is 1. The fraction of sp³-hybridized carbons (Fsp3) is 0.333. The predicted octanol–water partition coefficient (Wildman–Crippen LogP) is 1.47. The van der Waals surface area contributed by atoms with Gasteiger partial charge in [0.1, 0.15) is 17.6 Å². The minimum Gasteiger partial charge on any atom is -0.496 e. The molecule has 1 aromatic rings. The van der Waals surface area contributed by atoms with E-state index in [0.29, 0.717) is 5.84 Å². The van der Waals surface area contributed by atoms with Crippen LogP contribution >= 0.6 is 0 Å². The molecule has 90 valence electrons. The second kappa shape index (κ2) is 4.08. The molecule has 5 heteroatoms. The summed E-state index contributed by atoms with van der Waals surface area (Å²) >= 11 is 0. The van der Waals surface area contributed by atoms with E-state index in [1.165, 1.54) is 4.90 Å². The molecular formula is C12H15N3O2. The molecule has 2 amide bonds. The van der Waals surface area contributed by atoms with E-state index < -0.39 is 0 Å². The molecule has 0 aromatic heterocycles. The molecule has 1 aliphatic heterocycles. The number of nitrogens with two attached hydrogens (primary N) is 1. The van der Waals surface area contributed by atoms with Crippen LogP contribution in [0.3, 0.4) is 0 Å². The number of hydrogen-bond acceptors (Lipinski definition) is 3. The highest BCUT2D eigenvalue weighted by atomic mass is 16.5. The quantitative estimate of drug-likeness (QED) is 0.841. The normalized spacial score (nSPS) is 19.5. The van der Waals surface area contributed by atoms with Crippen LogP contribution in [0.4, 0.5) is 4.79 Å². The lowest BCUT2D eigenvalue weighted by molar-refractivity contribution is 0.218. The highest BCUT2D eigenvalue weighted by Crippen LogP contribution is 2.28. The van der Waals surface area contributed by atoms with Gasteiger partial charge in [0.05, 0.1) is 7.11 Å². The molecule has 17 heavy (non-hydrogen) atoms. The van der Waals surface area contributed by atoms with Crippen LogP contribution in [0.1, 0.15) is 17.2 Å². The summed E-state index contributed by atoms with van der Waals surface area (Å²) < 4.78 is 5.20. The van der Waals surface area contributed by atoms with Gasteiger partial charge in [-0.1, -0.05) is 6.07 Å². The smallest absolute Gasteiger partial charge is 0.345 e. The van der Waals surface area contributed by atoms with Crippen molar-refractivity contribution in [1.29, 1.82) is 0 Å². The summed E-state index contributed by atoms with van der Waals surface area (Å²) in [6, 6.07) is 5.15. The molecule has 0 saturated heterocycles. The standard InChI is InChI=1S/C12H15N3O2/c1-7-6-8(4-5-9(7)17-3)10-11(13)14-12(16)15(10)2/h4-6,10H,1-3H3,(H2,13,14,16). The number of nitrogens with zero attached hydrogens (tertiary/aromatic N) is 2. The first-order valence-electron chi connectivity index (χ1n) is 5.30. The van der Waals surface area contributed by atoms with E-state index in [0.717, 1.165) is 16.9 Å². The van der Waals surface area contributed by atoms with Gasteiger partial charge >= 0.3 is 6.03 Å². The Morgan fingerprint density at radius 1 is 1.47 bits per heavy atom. The first-order chi connectivity index (χ1) is 8.04. The van der Waals surface area contributed by atoms with Crippen LogP contribution in [-0.4, -0.2) is 30.9 Å². The zero-order valence-corrected chi connectivity index (χ0v) is 10.1. The third kappa shape index (κ3) is 1.84. The van der Waals surface area contributed by atoms with Crippen molar-refractivity contribution in [1.82, 2.24) is 4.90 Å². The van der Waals surface area contributed by atoms with Crippen LogP contribution in [-0.2, 0) is 0 Å². The first kappa shape index (κ1) is 11.4. The lowest BCUT2D eigenvalue weighted by atomic mass is 10.0. The molecule has 1 atom stereocenters. The van der Waals surface area contributed by atoms with E-state index >= 15 is 0 Å². The second-order valence-electron chi connectivity index (χ2n) is 4.06. The lowest BCUT2D eigenvalue weighted by Crippen LogP contribution is -2.30. The lowest BCUT2D eigenvalue weighted by Gasteiger charge is -2.20.